The summed E-state index contributed by atoms with van der Waals surface area (Å²) in [5.41, 5.74) is 0. The standard InChI is InChI=1S/C13H21ClN4O/c1-3-7-19-13-17-11(14)16-12(18-13)15-10-6-4-5-9(2)8-10/h9-10H,3-8H2,1-2H3,(H,15,16,17,18). The number of aromatic nitrogens is 3. The van der Waals surface area contributed by atoms with E-state index in [-0.39, 0.29) is 5.28 Å². The number of hydrogen-bond donors (Lipinski definition) is 1. The maximum absolute atomic E-state index is 5.89. The van der Waals surface area contributed by atoms with Crippen LogP contribution in [0.25, 0.3) is 0 Å². The van der Waals surface area contributed by atoms with Gasteiger partial charge in [-0.2, -0.15) is 15.0 Å². The van der Waals surface area contributed by atoms with Crippen molar-refractivity contribution in [3.8, 4) is 6.01 Å². The summed E-state index contributed by atoms with van der Waals surface area (Å²) in [4.78, 5) is 12.3. The summed E-state index contributed by atoms with van der Waals surface area (Å²) in [6.07, 6.45) is 5.76. The minimum Gasteiger partial charge on any atom is -0.463 e. The summed E-state index contributed by atoms with van der Waals surface area (Å²) < 4.78 is 5.40. The Bertz CT molecular complexity index is 416. The smallest absolute Gasteiger partial charge is 0.322 e. The van der Waals surface area contributed by atoms with Crippen LogP contribution in [0.15, 0.2) is 0 Å². The van der Waals surface area contributed by atoms with E-state index >= 15 is 0 Å². The minimum atomic E-state index is 0.174. The maximum Gasteiger partial charge on any atom is 0.322 e. The molecule has 106 valence electrons. The van der Waals surface area contributed by atoms with Gasteiger partial charge in [-0.3, -0.25) is 0 Å². The van der Waals surface area contributed by atoms with Crippen LogP contribution >= 0.6 is 11.6 Å². The molecule has 1 aromatic heterocycles. The van der Waals surface area contributed by atoms with Gasteiger partial charge in [0.1, 0.15) is 0 Å². The zero-order chi connectivity index (χ0) is 13.7. The van der Waals surface area contributed by atoms with E-state index in [1.54, 1.807) is 0 Å². The Morgan fingerprint density at radius 1 is 1.32 bits per heavy atom. The van der Waals surface area contributed by atoms with E-state index in [9.17, 15) is 0 Å². The van der Waals surface area contributed by atoms with Gasteiger partial charge in [0.15, 0.2) is 0 Å². The number of nitrogens with zero attached hydrogens (tertiary/aromatic N) is 3. The fourth-order valence-electron chi connectivity index (χ4n) is 2.40. The monoisotopic (exact) mass is 284 g/mol. The molecule has 0 aliphatic heterocycles. The number of halogens is 1. The Kier molecular flexibility index (Phi) is 5.19. The van der Waals surface area contributed by atoms with Gasteiger partial charge >= 0.3 is 6.01 Å². The van der Waals surface area contributed by atoms with Crippen molar-refractivity contribution in [1.82, 2.24) is 15.0 Å². The maximum atomic E-state index is 5.89. The molecule has 1 aromatic rings. The van der Waals surface area contributed by atoms with Gasteiger partial charge in [-0.25, -0.2) is 0 Å². The van der Waals surface area contributed by atoms with Gasteiger partial charge in [0, 0.05) is 6.04 Å². The number of anilines is 1. The fraction of sp³-hybridized carbons (Fsp3) is 0.769. The highest BCUT2D eigenvalue weighted by atomic mass is 35.5. The highest BCUT2D eigenvalue weighted by Gasteiger charge is 2.20. The third-order valence-electron chi connectivity index (χ3n) is 3.29. The van der Waals surface area contributed by atoms with Gasteiger partial charge in [-0.15, -0.1) is 0 Å². The van der Waals surface area contributed by atoms with Gasteiger partial charge < -0.3 is 10.1 Å². The quantitative estimate of drug-likeness (QED) is 0.899. The molecule has 5 nitrogen and oxygen atoms in total. The Morgan fingerprint density at radius 2 is 2.16 bits per heavy atom. The average Bonchev–Trinajstić information content (AvgIpc) is 2.35. The fourth-order valence-corrected chi connectivity index (χ4v) is 2.55. The molecule has 0 saturated heterocycles. The van der Waals surface area contributed by atoms with E-state index in [4.69, 9.17) is 16.3 Å². The van der Waals surface area contributed by atoms with Gasteiger partial charge in [-0.1, -0.05) is 26.7 Å². The highest BCUT2D eigenvalue weighted by Crippen LogP contribution is 2.25. The summed E-state index contributed by atoms with van der Waals surface area (Å²) in [6.45, 7) is 4.90. The van der Waals surface area contributed by atoms with E-state index in [0.717, 1.165) is 25.2 Å². The van der Waals surface area contributed by atoms with E-state index in [2.05, 4.69) is 27.2 Å². The number of nitrogens with one attached hydrogen (secondary N) is 1. The molecule has 2 rings (SSSR count). The van der Waals surface area contributed by atoms with Crippen LogP contribution in [-0.2, 0) is 0 Å². The zero-order valence-corrected chi connectivity index (χ0v) is 12.3. The van der Waals surface area contributed by atoms with Crippen LogP contribution in [-0.4, -0.2) is 27.6 Å². The van der Waals surface area contributed by atoms with Gasteiger partial charge in [-0.05, 0) is 36.8 Å². The van der Waals surface area contributed by atoms with Crippen LogP contribution in [0, 0.1) is 5.92 Å². The average molecular weight is 285 g/mol. The second kappa shape index (κ2) is 6.89. The number of hydrogen-bond acceptors (Lipinski definition) is 5. The molecular formula is C13H21ClN4O. The van der Waals surface area contributed by atoms with Gasteiger partial charge in [0.25, 0.3) is 0 Å². The topological polar surface area (TPSA) is 59.9 Å². The van der Waals surface area contributed by atoms with Crippen molar-refractivity contribution >= 4 is 17.5 Å². The zero-order valence-electron chi connectivity index (χ0n) is 11.5. The van der Waals surface area contributed by atoms with Crippen LogP contribution in [0.2, 0.25) is 5.28 Å². The van der Waals surface area contributed by atoms with E-state index in [1.807, 2.05) is 6.92 Å². The van der Waals surface area contributed by atoms with Crippen LogP contribution in [0.5, 0.6) is 6.01 Å². The molecule has 0 bridgehead atoms. The van der Waals surface area contributed by atoms with Crippen molar-refractivity contribution in [2.45, 2.75) is 52.0 Å². The van der Waals surface area contributed by atoms with Crippen molar-refractivity contribution in [3.05, 3.63) is 5.28 Å². The van der Waals surface area contributed by atoms with Crippen LogP contribution in [0.1, 0.15) is 46.0 Å². The Labute approximate surface area is 119 Å². The molecule has 0 aromatic carbocycles. The lowest BCUT2D eigenvalue weighted by Gasteiger charge is -2.27. The van der Waals surface area contributed by atoms with E-state index < -0.39 is 0 Å². The Morgan fingerprint density at radius 3 is 2.89 bits per heavy atom. The van der Waals surface area contributed by atoms with Crippen molar-refractivity contribution in [3.63, 3.8) is 0 Å². The molecule has 1 aliphatic carbocycles. The summed E-state index contributed by atoms with van der Waals surface area (Å²) in [5, 5.41) is 3.52. The molecule has 0 amide bonds. The Balaban J connectivity index is 2.00. The number of ether oxygens (including phenoxy) is 1. The lowest BCUT2D eigenvalue weighted by atomic mass is 9.87. The SMILES string of the molecule is CCCOc1nc(Cl)nc(NC2CCCC(C)C2)n1. The molecule has 0 spiro atoms. The molecule has 6 heteroatoms. The first-order valence-corrected chi connectivity index (χ1v) is 7.36. The normalized spacial score (nSPS) is 23.1. The van der Waals surface area contributed by atoms with E-state index in [0.29, 0.717) is 24.6 Å². The summed E-state index contributed by atoms with van der Waals surface area (Å²) in [5.74, 6) is 1.27. The molecule has 19 heavy (non-hydrogen) atoms. The first-order valence-electron chi connectivity index (χ1n) is 6.98. The number of rotatable bonds is 5. The second-order valence-electron chi connectivity index (χ2n) is 5.17. The molecule has 2 atom stereocenters. The minimum absolute atomic E-state index is 0.174. The largest absolute Gasteiger partial charge is 0.463 e. The van der Waals surface area contributed by atoms with Crippen LogP contribution in [0.3, 0.4) is 0 Å². The molecule has 2 unspecified atom stereocenters. The first-order chi connectivity index (χ1) is 9.17. The van der Waals surface area contributed by atoms with Crippen LogP contribution < -0.4 is 10.1 Å². The predicted molar refractivity (Wildman–Crippen MR) is 75.7 cm³/mol. The lowest BCUT2D eigenvalue weighted by Crippen LogP contribution is -2.27. The van der Waals surface area contributed by atoms with Gasteiger partial charge in [0.2, 0.25) is 11.2 Å². The predicted octanol–water partition coefficient (Wildman–Crippen LogP) is 3.30. The van der Waals surface area contributed by atoms with Crippen molar-refractivity contribution in [2.24, 2.45) is 5.92 Å². The third kappa shape index (κ3) is 4.49. The highest BCUT2D eigenvalue weighted by molar-refractivity contribution is 6.28. The Hall–Kier alpha value is -1.10. The van der Waals surface area contributed by atoms with Crippen LogP contribution in [0.4, 0.5) is 5.95 Å². The van der Waals surface area contributed by atoms with Crippen molar-refractivity contribution < 1.29 is 4.74 Å². The molecular weight excluding hydrogens is 264 g/mol. The lowest BCUT2D eigenvalue weighted by molar-refractivity contribution is 0.291. The summed E-state index contributed by atoms with van der Waals surface area (Å²) >= 11 is 5.89. The van der Waals surface area contributed by atoms with E-state index in [1.165, 1.54) is 12.8 Å². The molecule has 1 N–H and O–H groups in total. The van der Waals surface area contributed by atoms with Crippen molar-refractivity contribution in [1.29, 1.82) is 0 Å². The molecule has 1 saturated carbocycles. The third-order valence-corrected chi connectivity index (χ3v) is 3.46. The first kappa shape index (κ1) is 14.3. The van der Waals surface area contributed by atoms with Gasteiger partial charge in [0.05, 0.1) is 6.61 Å². The molecule has 1 heterocycles. The summed E-state index contributed by atoms with van der Waals surface area (Å²) in [7, 11) is 0. The van der Waals surface area contributed by atoms with Crippen molar-refractivity contribution in [2.75, 3.05) is 11.9 Å². The molecule has 0 radical (unpaired) electrons. The second-order valence-corrected chi connectivity index (χ2v) is 5.51. The summed E-state index contributed by atoms with van der Waals surface area (Å²) in [6, 6.07) is 0.717. The molecule has 1 fully saturated rings. The molecule has 1 aliphatic rings.